The number of nitrogens with zero attached hydrogens (tertiary/aromatic N) is 1. The smallest absolute Gasteiger partial charge is 0.335 e. The summed E-state index contributed by atoms with van der Waals surface area (Å²) in [6.45, 7) is -0.00302. The second-order valence-electron chi connectivity index (χ2n) is 4.21. The van der Waals surface area contributed by atoms with Crippen LogP contribution in [0.4, 0.5) is 5.69 Å². The van der Waals surface area contributed by atoms with E-state index in [1.54, 1.807) is 0 Å². The van der Waals surface area contributed by atoms with Crippen LogP contribution in [-0.2, 0) is 9.59 Å². The first kappa shape index (κ1) is 13.4. The fourth-order valence-corrected chi connectivity index (χ4v) is 2.18. The van der Waals surface area contributed by atoms with Gasteiger partial charge in [-0.2, -0.15) is 0 Å². The Hall–Kier alpha value is -2.08. The molecule has 1 aromatic rings. The number of anilines is 1. The highest BCUT2D eigenvalue weighted by Crippen LogP contribution is 2.32. The first-order valence-corrected chi connectivity index (χ1v) is 5.84. The van der Waals surface area contributed by atoms with Gasteiger partial charge in [-0.3, -0.25) is 9.59 Å². The van der Waals surface area contributed by atoms with Crippen molar-refractivity contribution in [2.24, 2.45) is 5.92 Å². The summed E-state index contributed by atoms with van der Waals surface area (Å²) in [5, 5.41) is 18.0. The Bertz CT molecular complexity index is 571. The maximum atomic E-state index is 11.8. The Morgan fingerprint density at radius 1 is 1.32 bits per heavy atom. The number of halogens is 1. The average Bonchev–Trinajstić information content (AvgIpc) is 2.72. The van der Waals surface area contributed by atoms with Gasteiger partial charge in [0.15, 0.2) is 0 Å². The monoisotopic (exact) mass is 283 g/mol. The molecule has 1 saturated heterocycles. The summed E-state index contributed by atoms with van der Waals surface area (Å²) < 4.78 is 0. The van der Waals surface area contributed by atoms with E-state index in [2.05, 4.69) is 0 Å². The number of carboxylic acids is 2. The molecular weight excluding hydrogens is 274 g/mol. The van der Waals surface area contributed by atoms with Crippen LogP contribution in [0.5, 0.6) is 0 Å². The quantitative estimate of drug-likeness (QED) is 0.876. The van der Waals surface area contributed by atoms with Gasteiger partial charge in [-0.1, -0.05) is 11.6 Å². The number of benzene rings is 1. The zero-order valence-corrected chi connectivity index (χ0v) is 10.4. The van der Waals surface area contributed by atoms with Gasteiger partial charge in [0, 0.05) is 13.0 Å². The summed E-state index contributed by atoms with van der Waals surface area (Å²) in [6, 6.07) is 3.97. The second kappa shape index (κ2) is 4.89. The van der Waals surface area contributed by atoms with Gasteiger partial charge in [-0.05, 0) is 18.2 Å². The van der Waals surface area contributed by atoms with E-state index in [1.165, 1.54) is 23.1 Å². The van der Waals surface area contributed by atoms with E-state index in [4.69, 9.17) is 21.8 Å². The number of carboxylic acid groups (broad SMARTS) is 2. The number of rotatable bonds is 3. The second-order valence-corrected chi connectivity index (χ2v) is 4.62. The van der Waals surface area contributed by atoms with Crippen LogP contribution in [-0.4, -0.2) is 34.6 Å². The van der Waals surface area contributed by atoms with Crippen LogP contribution in [0, 0.1) is 5.92 Å². The van der Waals surface area contributed by atoms with Gasteiger partial charge in [0.1, 0.15) is 0 Å². The summed E-state index contributed by atoms with van der Waals surface area (Å²) in [7, 11) is 0. The molecule has 1 heterocycles. The Balaban J connectivity index is 2.36. The summed E-state index contributed by atoms with van der Waals surface area (Å²) >= 11 is 5.94. The van der Waals surface area contributed by atoms with Crippen molar-refractivity contribution in [3.63, 3.8) is 0 Å². The molecule has 2 rings (SSSR count). The molecule has 1 amide bonds. The number of carbonyl (C=O) groups excluding carboxylic acids is 1. The molecule has 7 heteroatoms. The normalized spacial score (nSPS) is 18.7. The predicted octanol–water partition coefficient (Wildman–Crippen LogP) is 1.48. The molecule has 6 nitrogen and oxygen atoms in total. The minimum atomic E-state index is -1.14. The molecule has 0 aromatic heterocycles. The SMILES string of the molecule is O=C(O)c1ccc(Cl)c(N2C[C@H](C(=O)O)CC2=O)c1. The third-order valence-electron chi connectivity index (χ3n) is 2.96. The van der Waals surface area contributed by atoms with Crippen LogP contribution in [0.1, 0.15) is 16.8 Å². The van der Waals surface area contributed by atoms with Gasteiger partial charge in [0.05, 0.1) is 22.2 Å². The number of amides is 1. The fraction of sp³-hybridized carbons (Fsp3) is 0.250. The number of hydrogen-bond acceptors (Lipinski definition) is 3. The molecule has 0 aliphatic carbocycles. The van der Waals surface area contributed by atoms with Crippen LogP contribution in [0.3, 0.4) is 0 Å². The predicted molar refractivity (Wildman–Crippen MR) is 66.5 cm³/mol. The molecule has 0 radical (unpaired) electrons. The van der Waals surface area contributed by atoms with Crippen LogP contribution in [0.15, 0.2) is 18.2 Å². The summed E-state index contributed by atoms with van der Waals surface area (Å²) in [4.78, 5) is 34.8. The molecule has 0 spiro atoms. The van der Waals surface area contributed by atoms with Crippen molar-refractivity contribution in [1.82, 2.24) is 0 Å². The highest BCUT2D eigenvalue weighted by atomic mass is 35.5. The topological polar surface area (TPSA) is 94.9 Å². The summed E-state index contributed by atoms with van der Waals surface area (Å²) in [5.41, 5.74) is 0.223. The summed E-state index contributed by atoms with van der Waals surface area (Å²) in [5.74, 6) is -3.37. The van der Waals surface area contributed by atoms with Crippen molar-refractivity contribution in [1.29, 1.82) is 0 Å². The van der Waals surface area contributed by atoms with E-state index in [0.717, 1.165) is 0 Å². The van der Waals surface area contributed by atoms with Gasteiger partial charge in [0.25, 0.3) is 0 Å². The van der Waals surface area contributed by atoms with Crippen LogP contribution < -0.4 is 4.90 Å². The third kappa shape index (κ3) is 2.53. The van der Waals surface area contributed by atoms with Crippen LogP contribution >= 0.6 is 11.6 Å². The van der Waals surface area contributed by atoms with E-state index in [1.807, 2.05) is 0 Å². The van der Waals surface area contributed by atoms with Crippen molar-refractivity contribution >= 4 is 35.1 Å². The fourth-order valence-electron chi connectivity index (χ4n) is 1.96. The lowest BCUT2D eigenvalue weighted by molar-refractivity contribution is -0.141. The van der Waals surface area contributed by atoms with Crippen molar-refractivity contribution in [3.05, 3.63) is 28.8 Å². The standard InChI is InChI=1S/C12H10ClNO5/c13-8-2-1-6(11(16)17)3-9(8)14-5-7(12(18)19)4-10(14)15/h1-3,7H,4-5H2,(H,16,17)(H,18,19)/t7-/m1/s1. The highest BCUT2D eigenvalue weighted by molar-refractivity contribution is 6.34. The summed E-state index contributed by atoms with van der Waals surface area (Å²) in [6.07, 6.45) is -0.108. The molecule has 19 heavy (non-hydrogen) atoms. The first-order chi connectivity index (χ1) is 8.90. The number of aliphatic carboxylic acids is 1. The first-order valence-electron chi connectivity index (χ1n) is 5.46. The Labute approximate surface area is 113 Å². The lowest BCUT2D eigenvalue weighted by atomic mass is 10.1. The number of carbonyl (C=O) groups is 3. The molecule has 1 aliphatic heterocycles. The molecule has 1 atom stereocenters. The maximum Gasteiger partial charge on any atom is 0.335 e. The molecule has 100 valence electrons. The molecule has 0 saturated carbocycles. The minimum absolute atomic E-state index is 0.00302. The van der Waals surface area contributed by atoms with E-state index in [0.29, 0.717) is 0 Å². The lowest BCUT2D eigenvalue weighted by Gasteiger charge is -2.18. The molecule has 1 aromatic carbocycles. The van der Waals surface area contributed by atoms with Crippen LogP contribution in [0.25, 0.3) is 0 Å². The van der Waals surface area contributed by atoms with Crippen molar-refractivity contribution in [2.45, 2.75) is 6.42 Å². The molecule has 1 fully saturated rings. The zero-order valence-electron chi connectivity index (χ0n) is 9.67. The van der Waals surface area contributed by atoms with Gasteiger partial charge in [-0.25, -0.2) is 4.79 Å². The van der Waals surface area contributed by atoms with Crippen molar-refractivity contribution in [2.75, 3.05) is 11.4 Å². The van der Waals surface area contributed by atoms with E-state index in [-0.39, 0.29) is 35.1 Å². The lowest BCUT2D eigenvalue weighted by Crippen LogP contribution is -2.26. The zero-order chi connectivity index (χ0) is 14.2. The van der Waals surface area contributed by atoms with E-state index >= 15 is 0 Å². The van der Waals surface area contributed by atoms with Gasteiger partial charge < -0.3 is 15.1 Å². The van der Waals surface area contributed by atoms with Gasteiger partial charge in [-0.15, -0.1) is 0 Å². The number of hydrogen-bond donors (Lipinski definition) is 2. The Kier molecular flexibility index (Phi) is 3.44. The molecule has 0 unspecified atom stereocenters. The van der Waals surface area contributed by atoms with E-state index < -0.39 is 17.9 Å². The number of aromatic carboxylic acids is 1. The average molecular weight is 284 g/mol. The van der Waals surface area contributed by atoms with Gasteiger partial charge in [0.2, 0.25) is 5.91 Å². The molecule has 1 aliphatic rings. The molecule has 2 N–H and O–H groups in total. The highest BCUT2D eigenvalue weighted by Gasteiger charge is 2.36. The van der Waals surface area contributed by atoms with Gasteiger partial charge >= 0.3 is 11.9 Å². The van der Waals surface area contributed by atoms with E-state index in [9.17, 15) is 14.4 Å². The van der Waals surface area contributed by atoms with Crippen molar-refractivity contribution < 1.29 is 24.6 Å². The Morgan fingerprint density at radius 2 is 2.00 bits per heavy atom. The maximum absolute atomic E-state index is 11.8. The molecule has 0 bridgehead atoms. The minimum Gasteiger partial charge on any atom is -0.481 e. The van der Waals surface area contributed by atoms with Crippen molar-refractivity contribution in [3.8, 4) is 0 Å². The molecular formula is C12H10ClNO5. The largest absolute Gasteiger partial charge is 0.481 e. The van der Waals surface area contributed by atoms with Crippen LogP contribution in [0.2, 0.25) is 5.02 Å². The Morgan fingerprint density at radius 3 is 2.53 bits per heavy atom. The third-order valence-corrected chi connectivity index (χ3v) is 3.28.